The molecule has 0 unspecified atom stereocenters. The van der Waals surface area contributed by atoms with Crippen molar-refractivity contribution in [2.75, 3.05) is 31.9 Å². The molecule has 0 bridgehead atoms. The van der Waals surface area contributed by atoms with Gasteiger partial charge in [-0.25, -0.2) is 0 Å². The number of aryl methyl sites for hydroxylation is 1. The van der Waals surface area contributed by atoms with Gasteiger partial charge < -0.3 is 9.80 Å². The second-order valence-corrected chi connectivity index (χ2v) is 8.31. The van der Waals surface area contributed by atoms with Crippen LogP contribution in [0.25, 0.3) is 0 Å². The lowest BCUT2D eigenvalue weighted by molar-refractivity contribution is 0.0697. The van der Waals surface area contributed by atoms with Gasteiger partial charge in [-0.3, -0.25) is 4.79 Å². The molecule has 2 aliphatic rings. The minimum atomic E-state index is 0. The van der Waals surface area contributed by atoms with Crippen molar-refractivity contribution in [2.45, 2.75) is 6.92 Å². The Hall–Kier alpha value is -1.49. The van der Waals surface area contributed by atoms with Crippen LogP contribution in [0.4, 0.5) is 0 Å². The average Bonchev–Trinajstić information content (AvgIpc) is 3.33. The molecule has 138 valence electrons. The highest BCUT2D eigenvalue weighted by Gasteiger charge is 2.27. The van der Waals surface area contributed by atoms with Gasteiger partial charge in [0.15, 0.2) is 5.17 Å². The lowest BCUT2D eigenvalue weighted by atomic mass is 10.3. The third-order valence-electron chi connectivity index (χ3n) is 4.08. The van der Waals surface area contributed by atoms with E-state index in [0.717, 1.165) is 29.7 Å². The summed E-state index contributed by atoms with van der Waals surface area (Å²) < 4.78 is 3.85. The molecule has 11 heteroatoms. The smallest absolute Gasteiger partial charge is 0.267 e. The number of rotatable bonds is 2. The molecule has 0 aromatic carbocycles. The van der Waals surface area contributed by atoms with Crippen molar-refractivity contribution in [3.63, 3.8) is 0 Å². The van der Waals surface area contributed by atoms with Gasteiger partial charge in [-0.05, 0) is 29.9 Å². The normalized spacial score (nSPS) is 17.4. The zero-order valence-corrected chi connectivity index (χ0v) is 17.3. The molecule has 4 rings (SSSR count). The lowest BCUT2D eigenvalue weighted by Gasteiger charge is -2.36. The van der Waals surface area contributed by atoms with Gasteiger partial charge in [0.1, 0.15) is 4.88 Å². The summed E-state index contributed by atoms with van der Waals surface area (Å²) >= 11 is 4.57. The number of thiophene rings is 1. The molecule has 26 heavy (non-hydrogen) atoms. The predicted octanol–water partition coefficient (Wildman–Crippen LogP) is 2.59. The van der Waals surface area contributed by atoms with E-state index in [0.29, 0.717) is 23.7 Å². The van der Waals surface area contributed by atoms with Crippen LogP contribution in [0.5, 0.6) is 0 Å². The Kier molecular flexibility index (Phi) is 6.28. The van der Waals surface area contributed by atoms with E-state index >= 15 is 0 Å². The monoisotopic (exact) mass is 428 g/mol. The SMILES string of the molecule is Cc1nnsc1C(=O)N1CCN(C2=NN=C(c3cccs3)CS2)CC1.Cl. The third kappa shape index (κ3) is 3.93. The van der Waals surface area contributed by atoms with Crippen molar-refractivity contribution in [1.82, 2.24) is 19.4 Å². The zero-order valence-electron chi connectivity index (χ0n) is 14.0. The third-order valence-corrected chi connectivity index (χ3v) is 6.83. The fraction of sp³-hybridized carbons (Fsp3) is 0.400. The summed E-state index contributed by atoms with van der Waals surface area (Å²) in [6, 6.07) is 4.11. The molecule has 1 fully saturated rings. The number of thioether (sulfide) groups is 1. The van der Waals surface area contributed by atoms with E-state index < -0.39 is 0 Å². The summed E-state index contributed by atoms with van der Waals surface area (Å²) in [6.45, 7) is 4.72. The first-order valence-corrected chi connectivity index (χ1v) is 10.5. The summed E-state index contributed by atoms with van der Waals surface area (Å²) in [7, 11) is 0. The minimum Gasteiger partial charge on any atom is -0.346 e. The highest BCUT2D eigenvalue weighted by molar-refractivity contribution is 8.14. The number of hydrogen-bond donors (Lipinski definition) is 0. The number of aromatic nitrogens is 2. The van der Waals surface area contributed by atoms with Gasteiger partial charge >= 0.3 is 0 Å². The summed E-state index contributed by atoms with van der Waals surface area (Å²) in [6.07, 6.45) is 0. The van der Waals surface area contributed by atoms with Crippen LogP contribution in [0.2, 0.25) is 0 Å². The van der Waals surface area contributed by atoms with E-state index in [1.54, 1.807) is 23.1 Å². The Bertz CT molecular complexity index is 826. The van der Waals surface area contributed by atoms with Gasteiger partial charge in [-0.2, -0.15) is 5.10 Å². The largest absolute Gasteiger partial charge is 0.346 e. The average molecular weight is 429 g/mol. The van der Waals surface area contributed by atoms with Crippen LogP contribution in [0.15, 0.2) is 27.7 Å². The molecule has 0 aliphatic carbocycles. The van der Waals surface area contributed by atoms with Crippen LogP contribution in [0.3, 0.4) is 0 Å². The van der Waals surface area contributed by atoms with E-state index in [1.165, 1.54) is 16.4 Å². The summed E-state index contributed by atoms with van der Waals surface area (Å²) in [5, 5.41) is 15.7. The predicted molar refractivity (Wildman–Crippen MR) is 110 cm³/mol. The van der Waals surface area contributed by atoms with Crippen molar-refractivity contribution >= 4 is 63.8 Å². The molecule has 0 N–H and O–H groups in total. The lowest BCUT2D eigenvalue weighted by Crippen LogP contribution is -2.50. The number of amides is 1. The molecule has 0 atom stereocenters. The maximum Gasteiger partial charge on any atom is 0.267 e. The Morgan fingerprint density at radius 3 is 2.58 bits per heavy atom. The second kappa shape index (κ2) is 8.47. The fourth-order valence-corrected chi connectivity index (χ4v) is 5.05. The van der Waals surface area contributed by atoms with Crippen LogP contribution in [-0.4, -0.2) is 68.1 Å². The van der Waals surface area contributed by atoms with Crippen molar-refractivity contribution in [2.24, 2.45) is 10.2 Å². The summed E-state index contributed by atoms with van der Waals surface area (Å²) in [4.78, 5) is 18.4. The number of piperazine rings is 1. The first kappa shape index (κ1) is 19.3. The standard InChI is InChI=1S/C15H16N6OS3.ClH/c1-10-13(25-19-16-10)14(22)20-4-6-21(7-5-20)15-18-17-11(9-24-15)12-3-2-8-23-12;/h2-3,8H,4-7,9H2,1H3;1H. The number of carbonyl (C=O) groups excluding carboxylic acids is 1. The molecule has 0 saturated carbocycles. The quantitative estimate of drug-likeness (QED) is 0.734. The molecule has 2 aliphatic heterocycles. The van der Waals surface area contributed by atoms with Gasteiger partial charge in [0.2, 0.25) is 0 Å². The van der Waals surface area contributed by atoms with E-state index in [-0.39, 0.29) is 18.3 Å². The van der Waals surface area contributed by atoms with Crippen molar-refractivity contribution in [1.29, 1.82) is 0 Å². The minimum absolute atomic E-state index is 0. The molecule has 4 heterocycles. The van der Waals surface area contributed by atoms with E-state index in [1.807, 2.05) is 17.9 Å². The van der Waals surface area contributed by atoms with Crippen molar-refractivity contribution in [3.05, 3.63) is 33.0 Å². The molecule has 2 aromatic heterocycles. The topological polar surface area (TPSA) is 74.1 Å². The zero-order chi connectivity index (χ0) is 17.2. The highest BCUT2D eigenvalue weighted by atomic mass is 35.5. The maximum absolute atomic E-state index is 12.5. The molecular weight excluding hydrogens is 412 g/mol. The Morgan fingerprint density at radius 1 is 1.19 bits per heavy atom. The van der Waals surface area contributed by atoms with Crippen LogP contribution >= 0.6 is 47.0 Å². The molecule has 7 nitrogen and oxygen atoms in total. The Balaban J connectivity index is 0.00000196. The number of hydrogen-bond acceptors (Lipinski definition) is 9. The van der Waals surface area contributed by atoms with Crippen LogP contribution in [-0.2, 0) is 0 Å². The summed E-state index contributed by atoms with van der Waals surface area (Å²) in [5.41, 5.74) is 1.74. The second-order valence-electron chi connectivity index (χ2n) is 5.66. The van der Waals surface area contributed by atoms with Crippen LogP contribution in [0, 0.1) is 6.92 Å². The number of halogens is 1. The molecule has 1 saturated heterocycles. The van der Waals surface area contributed by atoms with Crippen molar-refractivity contribution < 1.29 is 4.79 Å². The van der Waals surface area contributed by atoms with Gasteiger partial charge in [0.25, 0.3) is 5.91 Å². The van der Waals surface area contributed by atoms with Gasteiger partial charge in [0.05, 0.1) is 16.3 Å². The van der Waals surface area contributed by atoms with E-state index in [4.69, 9.17) is 0 Å². The van der Waals surface area contributed by atoms with Gasteiger partial charge in [0, 0.05) is 31.9 Å². The Morgan fingerprint density at radius 2 is 2.00 bits per heavy atom. The highest BCUT2D eigenvalue weighted by Crippen LogP contribution is 2.22. The van der Waals surface area contributed by atoms with Gasteiger partial charge in [-0.15, -0.1) is 33.9 Å². The van der Waals surface area contributed by atoms with Gasteiger partial charge in [-0.1, -0.05) is 22.3 Å². The first-order valence-electron chi connectivity index (χ1n) is 7.87. The van der Waals surface area contributed by atoms with Crippen LogP contribution < -0.4 is 0 Å². The van der Waals surface area contributed by atoms with E-state index in [2.05, 4.69) is 36.1 Å². The molecule has 0 radical (unpaired) electrons. The summed E-state index contributed by atoms with van der Waals surface area (Å²) in [5.74, 6) is 0.868. The van der Waals surface area contributed by atoms with Crippen LogP contribution in [0.1, 0.15) is 20.2 Å². The number of amidine groups is 1. The fourth-order valence-electron chi connectivity index (χ4n) is 2.68. The maximum atomic E-state index is 12.5. The van der Waals surface area contributed by atoms with Crippen molar-refractivity contribution in [3.8, 4) is 0 Å². The van der Waals surface area contributed by atoms with E-state index in [9.17, 15) is 4.79 Å². The number of nitrogens with zero attached hydrogens (tertiary/aromatic N) is 6. The number of carbonyl (C=O) groups is 1. The molecule has 1 amide bonds. The first-order chi connectivity index (χ1) is 12.2. The molecular formula is C15H17ClN6OS3. The Labute approximate surface area is 169 Å². The molecule has 2 aromatic rings. The molecule has 0 spiro atoms.